The van der Waals surface area contributed by atoms with Crippen molar-refractivity contribution in [2.45, 2.75) is 232 Å². The highest BCUT2D eigenvalue weighted by Gasteiger charge is 2.46. The topological polar surface area (TPSA) is 104 Å². The molecule has 4 aromatic rings. The van der Waals surface area contributed by atoms with Gasteiger partial charge in [0.25, 0.3) is 0 Å². The number of carbonyl (C=O) groups excluding carboxylic acids is 2. The van der Waals surface area contributed by atoms with Crippen LogP contribution < -0.4 is 25.3 Å². The summed E-state index contributed by atoms with van der Waals surface area (Å²) in [4.78, 5) is 28.9. The zero-order chi connectivity index (χ0) is 55.5. The van der Waals surface area contributed by atoms with Crippen LogP contribution in [-0.2, 0) is 18.7 Å². The molecule has 11 heteroatoms. The Bertz CT molecular complexity index is 2420. The maximum Gasteiger partial charge on any atom is 0.407 e. The third-order valence-corrected chi connectivity index (χ3v) is 30.2. The lowest BCUT2D eigenvalue weighted by Crippen LogP contribution is -2.56. The zero-order valence-corrected chi connectivity index (χ0v) is 51.7. The summed E-state index contributed by atoms with van der Waals surface area (Å²) in [6.07, 6.45) is 9.44. The summed E-state index contributed by atoms with van der Waals surface area (Å²) in [7, 11) is -3.86. The molecule has 4 aromatic carbocycles. The first-order valence-electron chi connectivity index (χ1n) is 29.4. The fraction of sp³-hybridized carbons (Fsp3) is 0.600. The van der Waals surface area contributed by atoms with E-state index in [9.17, 15) is 9.59 Å². The molecule has 0 aromatic heterocycles. The summed E-state index contributed by atoms with van der Waals surface area (Å²) in [5, 5.41) is 7.67. The minimum atomic E-state index is -2.08. The van der Waals surface area contributed by atoms with Crippen molar-refractivity contribution >= 4 is 33.6 Å². The number of hydrogen-bond donors (Lipinski definition) is 2. The van der Waals surface area contributed by atoms with E-state index in [0.29, 0.717) is 45.6 Å². The van der Waals surface area contributed by atoms with Gasteiger partial charge in [-0.1, -0.05) is 194 Å². The quantitative estimate of drug-likeness (QED) is 0.0431. The summed E-state index contributed by atoms with van der Waals surface area (Å²) < 4.78 is 32.5. The number of carbonyl (C=O) groups is 2. The molecule has 3 atom stereocenters. The van der Waals surface area contributed by atoms with Crippen LogP contribution in [0.5, 0.6) is 17.2 Å². The van der Waals surface area contributed by atoms with Crippen LogP contribution in [0.15, 0.2) is 84.9 Å². The number of ether oxygens (including phenoxy) is 4. The molecule has 0 fully saturated rings. The Morgan fingerprint density at radius 1 is 0.579 bits per heavy atom. The number of fused-ring (bicyclic) bond motifs is 5. The molecule has 2 N–H and O–H groups in total. The highest BCUT2D eigenvalue weighted by Crippen LogP contribution is 2.48. The first kappa shape index (κ1) is 60.8. The highest BCUT2D eigenvalue weighted by molar-refractivity contribution is 6.95. The number of nitrogens with one attached hydrogen (secondary N) is 2. The van der Waals surface area contributed by atoms with Gasteiger partial charge in [-0.15, -0.1) is 0 Å². The predicted molar refractivity (Wildman–Crippen MR) is 320 cm³/mol. The summed E-state index contributed by atoms with van der Waals surface area (Å²) >= 11 is 0. The Labute approximate surface area is 461 Å². The molecule has 418 valence electrons. The molecule has 1 heterocycles. The van der Waals surface area contributed by atoms with Crippen molar-refractivity contribution in [3.05, 3.63) is 107 Å². The van der Waals surface area contributed by atoms with Gasteiger partial charge in [0.1, 0.15) is 29.9 Å². The van der Waals surface area contributed by atoms with Crippen LogP contribution >= 0.6 is 0 Å². The molecule has 76 heavy (non-hydrogen) atoms. The number of alkyl carbamates (subject to hydrolysis) is 1. The van der Waals surface area contributed by atoms with Crippen LogP contribution in [0, 0.1) is 0 Å². The molecule has 1 aliphatic carbocycles. The van der Waals surface area contributed by atoms with Gasteiger partial charge in [-0.05, 0) is 114 Å². The molecule has 9 nitrogen and oxygen atoms in total. The van der Waals surface area contributed by atoms with Crippen molar-refractivity contribution in [3.8, 4) is 28.4 Å². The predicted octanol–water partition coefficient (Wildman–Crippen LogP) is 17.1. The van der Waals surface area contributed by atoms with E-state index in [4.69, 9.17) is 23.4 Å². The Morgan fingerprint density at radius 2 is 1.07 bits per heavy atom. The molecule has 2 amide bonds. The van der Waals surface area contributed by atoms with Crippen LogP contribution in [0.2, 0.25) is 33.2 Å². The Morgan fingerprint density at radius 3 is 1.58 bits per heavy atom. The van der Waals surface area contributed by atoms with E-state index >= 15 is 0 Å². The van der Waals surface area contributed by atoms with Crippen LogP contribution in [-0.4, -0.2) is 66.0 Å². The van der Waals surface area contributed by atoms with Gasteiger partial charge in [0.05, 0.1) is 32.4 Å². The average molecular weight is 1080 g/mol. The third-order valence-electron chi connectivity index (χ3n) is 17.0. The Balaban J connectivity index is 1.12. The fourth-order valence-corrected chi connectivity index (χ4v) is 26.2. The maximum absolute atomic E-state index is 14.9. The second-order valence-electron chi connectivity index (χ2n) is 25.0. The summed E-state index contributed by atoms with van der Waals surface area (Å²) in [6.45, 7) is 37.8. The molecule has 0 saturated carbocycles. The van der Waals surface area contributed by atoms with E-state index in [0.717, 1.165) is 64.3 Å². The number of benzene rings is 4. The summed E-state index contributed by atoms with van der Waals surface area (Å²) in [6, 6.07) is 27.5. The Kier molecular flexibility index (Phi) is 21.6. The molecule has 0 bridgehead atoms. The summed E-state index contributed by atoms with van der Waals surface area (Å²) in [5.41, 5.74) is 9.00. The lowest BCUT2D eigenvalue weighted by Gasteiger charge is -2.44. The lowest BCUT2D eigenvalue weighted by atomic mass is 9.93. The SMILES string of the molecule is CC(OC(C)(C)C)C(NC(=O)OCC1c2ccccc2-c2ccccc21)C(=O)NC1c2ccc(OCCCCCCCCCCCO[Si](C(C)C)(C(C)C)C(C)C)cc2Oc2cc([Si](C(C)C)(C(C)C)C(C)C)ccc21. The number of hydrogen-bond acceptors (Lipinski definition) is 7. The van der Waals surface area contributed by atoms with Gasteiger partial charge >= 0.3 is 6.09 Å². The highest BCUT2D eigenvalue weighted by atomic mass is 28.4. The van der Waals surface area contributed by atoms with Gasteiger partial charge in [0, 0.05) is 29.7 Å². The van der Waals surface area contributed by atoms with E-state index < -0.39 is 46.3 Å². The lowest BCUT2D eigenvalue weighted by molar-refractivity contribution is -0.131. The molecular weight excluding hydrogens is 977 g/mol. The second kappa shape index (κ2) is 27.0. The minimum Gasteiger partial charge on any atom is -0.493 e. The van der Waals surface area contributed by atoms with Gasteiger partial charge in [0.2, 0.25) is 5.91 Å². The molecule has 6 rings (SSSR count). The number of rotatable bonds is 28. The van der Waals surface area contributed by atoms with Crippen LogP contribution in [0.25, 0.3) is 11.1 Å². The van der Waals surface area contributed by atoms with Crippen molar-refractivity contribution in [1.82, 2.24) is 10.6 Å². The largest absolute Gasteiger partial charge is 0.493 e. The number of unbranched alkanes of at least 4 members (excludes halogenated alkanes) is 8. The van der Waals surface area contributed by atoms with Crippen molar-refractivity contribution < 1.29 is 33.0 Å². The first-order valence-corrected chi connectivity index (χ1v) is 33.7. The van der Waals surface area contributed by atoms with Crippen LogP contribution in [0.1, 0.15) is 203 Å². The van der Waals surface area contributed by atoms with Crippen LogP contribution in [0.3, 0.4) is 0 Å². The molecular formula is C65H98N2O7Si2. The van der Waals surface area contributed by atoms with E-state index in [1.54, 1.807) is 0 Å². The van der Waals surface area contributed by atoms with Crippen molar-refractivity contribution in [2.75, 3.05) is 19.8 Å². The third kappa shape index (κ3) is 14.1. The van der Waals surface area contributed by atoms with Gasteiger partial charge in [0.15, 0.2) is 8.32 Å². The van der Waals surface area contributed by atoms with E-state index in [1.807, 2.05) is 70.2 Å². The van der Waals surface area contributed by atoms with Crippen molar-refractivity contribution in [3.63, 3.8) is 0 Å². The standard InChI is InChI=1S/C65H98N2O7Si2/c1-43(2)75(44(3)4,45(5)6)51-35-37-57-60(41-51)73-59-40-50(70-38-28-22-20-18-17-19-21-23-29-39-72-76(46(7)8,47(9)10)48(11)12)34-36-56(59)62(57)66-63(68)61(49(13)74-65(14,15)16)67-64(69)71-42-58-54-32-26-24-30-52(54)53-31-25-27-33-55(53)58/h24-27,30-37,40-41,43-49,58,61-62H,17-23,28-29,38-39,42H2,1-16H3,(H,66,68)(H,67,69). The zero-order valence-electron chi connectivity index (χ0n) is 49.7. The average Bonchev–Trinajstić information content (AvgIpc) is 3.67. The van der Waals surface area contributed by atoms with Gasteiger partial charge in [-0.25, -0.2) is 4.79 Å². The van der Waals surface area contributed by atoms with Gasteiger partial charge in [-0.3, -0.25) is 4.79 Å². The smallest absolute Gasteiger partial charge is 0.407 e. The fourth-order valence-electron chi connectivity index (χ4n) is 13.9. The minimum absolute atomic E-state index is 0.124. The molecule has 3 unspecified atom stereocenters. The molecule has 0 saturated heterocycles. The number of amides is 2. The first-order chi connectivity index (χ1) is 36.0. The molecule has 2 aliphatic rings. The van der Waals surface area contributed by atoms with Crippen molar-refractivity contribution in [1.29, 1.82) is 0 Å². The monoisotopic (exact) mass is 1070 g/mol. The van der Waals surface area contributed by atoms with Gasteiger partial charge < -0.3 is 34.0 Å². The van der Waals surface area contributed by atoms with E-state index in [-0.39, 0.29) is 18.4 Å². The molecule has 0 spiro atoms. The van der Waals surface area contributed by atoms with Gasteiger partial charge in [-0.2, -0.15) is 0 Å². The second-order valence-corrected chi connectivity index (χ2v) is 36.3. The van der Waals surface area contributed by atoms with E-state index in [2.05, 4.69) is 136 Å². The normalized spacial score (nSPS) is 15.4. The Hall–Kier alpha value is -4.43. The van der Waals surface area contributed by atoms with Crippen LogP contribution in [0.4, 0.5) is 4.79 Å². The summed E-state index contributed by atoms with van der Waals surface area (Å²) in [5.74, 6) is 1.60. The van der Waals surface area contributed by atoms with Crippen molar-refractivity contribution in [2.24, 2.45) is 0 Å². The van der Waals surface area contributed by atoms with E-state index in [1.165, 1.54) is 50.1 Å². The molecule has 0 radical (unpaired) electrons. The maximum atomic E-state index is 14.9. The molecule has 1 aliphatic heterocycles.